The number of nitrogen functional groups attached to an aromatic ring is 1. The van der Waals surface area contributed by atoms with Crippen LogP contribution in [-0.2, 0) is 4.74 Å². The highest BCUT2D eigenvalue weighted by Gasteiger charge is 2.24. The summed E-state index contributed by atoms with van der Waals surface area (Å²) in [4.78, 5) is 23.8. The lowest BCUT2D eigenvalue weighted by Gasteiger charge is -2.13. The summed E-state index contributed by atoms with van der Waals surface area (Å²) in [6.07, 6.45) is 4.16. The van der Waals surface area contributed by atoms with Crippen LogP contribution in [0, 0.1) is 11.3 Å². The quantitative estimate of drug-likeness (QED) is 0.660. The molecule has 0 saturated heterocycles. The van der Waals surface area contributed by atoms with Crippen LogP contribution in [0.4, 0.5) is 5.69 Å². The van der Waals surface area contributed by atoms with Crippen LogP contribution >= 0.6 is 0 Å². The zero-order valence-electron chi connectivity index (χ0n) is 13.4. The highest BCUT2D eigenvalue weighted by atomic mass is 16.5. The van der Waals surface area contributed by atoms with Gasteiger partial charge < -0.3 is 20.1 Å². The number of methoxy groups -OCH3 is 1. The number of carbonyl (C=O) groups excluding carboxylic acids is 1. The fourth-order valence-corrected chi connectivity index (χ4v) is 2.50. The molecule has 0 atom stereocenters. The summed E-state index contributed by atoms with van der Waals surface area (Å²) in [7, 11) is 1.16. The molecule has 0 aliphatic rings. The molecule has 0 unspecified atom stereocenters. The molecule has 0 aliphatic carbocycles. The van der Waals surface area contributed by atoms with Crippen molar-refractivity contribution >= 4 is 17.6 Å². The summed E-state index contributed by atoms with van der Waals surface area (Å²) in [5.41, 5.74) is 6.27. The maximum absolute atomic E-state index is 12.1. The number of hydrogen-bond acceptors (Lipinski definition) is 7. The van der Waals surface area contributed by atoms with Gasteiger partial charge in [0.2, 0.25) is 0 Å². The lowest BCUT2D eigenvalue weighted by Crippen LogP contribution is -2.14. The molecule has 0 spiro atoms. The molecule has 0 bridgehead atoms. The second-order valence-corrected chi connectivity index (χ2v) is 5.15. The largest absolute Gasteiger partial charge is 0.478 e. The predicted octanol–water partition coefficient (Wildman–Crippen LogP) is 0.997. The lowest BCUT2D eigenvalue weighted by atomic mass is 10.1. The van der Waals surface area contributed by atoms with Gasteiger partial charge >= 0.3 is 11.9 Å². The van der Waals surface area contributed by atoms with Crippen LogP contribution < -0.4 is 5.73 Å². The number of benzene rings is 1. The summed E-state index contributed by atoms with van der Waals surface area (Å²) in [5, 5.41) is 26.1. The van der Waals surface area contributed by atoms with E-state index in [1.54, 1.807) is 10.6 Å². The summed E-state index contributed by atoms with van der Waals surface area (Å²) in [5.74, 6) is -2.01. The Kier molecular flexibility index (Phi) is 4.12. The smallest absolute Gasteiger partial charge is 0.357 e. The molecule has 3 rings (SSSR count). The number of aromatic nitrogens is 4. The third kappa shape index (κ3) is 2.63. The molecule has 2 aromatic heterocycles. The van der Waals surface area contributed by atoms with Crippen LogP contribution in [0.15, 0.2) is 37.1 Å². The molecular weight excluding hydrogens is 340 g/mol. The van der Waals surface area contributed by atoms with Gasteiger partial charge in [0.05, 0.1) is 35.3 Å². The van der Waals surface area contributed by atoms with Crippen LogP contribution in [-0.4, -0.2) is 43.5 Å². The Hall–Kier alpha value is -4.13. The lowest BCUT2D eigenvalue weighted by molar-refractivity contribution is 0.0591. The normalized spacial score (nSPS) is 10.3. The minimum Gasteiger partial charge on any atom is -0.478 e. The highest BCUT2D eigenvalue weighted by molar-refractivity contribution is 5.98. The van der Waals surface area contributed by atoms with Crippen molar-refractivity contribution in [2.24, 2.45) is 0 Å². The van der Waals surface area contributed by atoms with E-state index in [2.05, 4.69) is 10.2 Å². The Labute approximate surface area is 146 Å². The van der Waals surface area contributed by atoms with Crippen molar-refractivity contribution < 1.29 is 19.4 Å². The summed E-state index contributed by atoms with van der Waals surface area (Å²) in [6.45, 7) is 0. The number of nitrogens with two attached hydrogens (primary N) is 1. The molecule has 3 aromatic rings. The van der Waals surface area contributed by atoms with E-state index in [0.717, 1.165) is 7.11 Å². The standard InChI is InChI=1S/C16H12N6O4/c1-26-16(25)14-13(18)9(5-17)6-22(14)12-4-10(21-7-19-20-8-21)2-3-11(12)15(23)24/h2-4,6-8H,18H2,1H3,(H,23,24). The number of ether oxygens (including phenoxy) is 1. The predicted molar refractivity (Wildman–Crippen MR) is 88.1 cm³/mol. The Balaban J connectivity index is 2.32. The van der Waals surface area contributed by atoms with E-state index in [0.29, 0.717) is 5.69 Å². The number of esters is 1. The zero-order valence-corrected chi connectivity index (χ0v) is 13.4. The minimum atomic E-state index is -1.21. The molecule has 2 heterocycles. The first-order chi connectivity index (χ1) is 12.5. The van der Waals surface area contributed by atoms with Gasteiger partial charge in [0, 0.05) is 6.20 Å². The SMILES string of the molecule is COC(=O)c1c(N)c(C#N)cn1-c1cc(-n2cnnc2)ccc1C(=O)O. The summed E-state index contributed by atoms with van der Waals surface area (Å²) in [6, 6.07) is 6.32. The van der Waals surface area contributed by atoms with E-state index in [4.69, 9.17) is 10.5 Å². The Bertz CT molecular complexity index is 1050. The number of carbonyl (C=O) groups is 2. The zero-order chi connectivity index (χ0) is 18.8. The molecule has 10 nitrogen and oxygen atoms in total. The molecule has 1 aromatic carbocycles. The summed E-state index contributed by atoms with van der Waals surface area (Å²) < 4.78 is 7.51. The average molecular weight is 352 g/mol. The topological polar surface area (TPSA) is 149 Å². The number of hydrogen-bond donors (Lipinski definition) is 2. The molecule has 130 valence electrons. The van der Waals surface area contributed by atoms with Crippen LogP contribution in [0.25, 0.3) is 11.4 Å². The monoisotopic (exact) mass is 352 g/mol. The Morgan fingerprint density at radius 3 is 2.58 bits per heavy atom. The third-order valence-electron chi connectivity index (χ3n) is 3.73. The van der Waals surface area contributed by atoms with Crippen LogP contribution in [0.1, 0.15) is 26.4 Å². The van der Waals surface area contributed by atoms with Crippen molar-refractivity contribution in [2.45, 2.75) is 0 Å². The number of nitrogens with zero attached hydrogens (tertiary/aromatic N) is 5. The molecule has 26 heavy (non-hydrogen) atoms. The number of anilines is 1. The van der Waals surface area contributed by atoms with Crippen molar-refractivity contribution in [1.29, 1.82) is 5.26 Å². The van der Waals surface area contributed by atoms with E-state index < -0.39 is 11.9 Å². The Morgan fingerprint density at radius 1 is 1.31 bits per heavy atom. The minimum absolute atomic E-state index is 0.0245. The van der Waals surface area contributed by atoms with Gasteiger partial charge in [-0.15, -0.1) is 10.2 Å². The molecule has 3 N–H and O–H groups in total. The second-order valence-electron chi connectivity index (χ2n) is 5.15. The molecular formula is C16H12N6O4. The van der Waals surface area contributed by atoms with E-state index in [1.165, 1.54) is 35.6 Å². The van der Waals surface area contributed by atoms with Gasteiger partial charge in [-0.3, -0.25) is 4.57 Å². The van der Waals surface area contributed by atoms with E-state index in [9.17, 15) is 20.0 Å². The van der Waals surface area contributed by atoms with E-state index in [-0.39, 0.29) is 28.2 Å². The average Bonchev–Trinajstić information content (AvgIpc) is 3.28. The fraction of sp³-hybridized carbons (Fsp3) is 0.0625. The van der Waals surface area contributed by atoms with Crippen LogP contribution in [0.5, 0.6) is 0 Å². The number of carboxylic acid groups (broad SMARTS) is 1. The fourth-order valence-electron chi connectivity index (χ4n) is 2.50. The third-order valence-corrected chi connectivity index (χ3v) is 3.73. The van der Waals surface area contributed by atoms with Gasteiger partial charge in [-0.25, -0.2) is 9.59 Å². The molecule has 0 amide bonds. The molecule has 10 heteroatoms. The first-order valence-electron chi connectivity index (χ1n) is 7.20. The van der Waals surface area contributed by atoms with Gasteiger partial charge in [-0.1, -0.05) is 0 Å². The van der Waals surface area contributed by atoms with Crippen LogP contribution in [0.2, 0.25) is 0 Å². The van der Waals surface area contributed by atoms with Crippen molar-refractivity contribution in [1.82, 2.24) is 19.3 Å². The first kappa shape index (κ1) is 16.7. The molecule has 0 aliphatic heterocycles. The van der Waals surface area contributed by atoms with Gasteiger partial charge in [0.1, 0.15) is 18.7 Å². The van der Waals surface area contributed by atoms with Crippen LogP contribution in [0.3, 0.4) is 0 Å². The maximum atomic E-state index is 12.1. The van der Waals surface area contributed by atoms with Gasteiger partial charge in [-0.05, 0) is 18.2 Å². The van der Waals surface area contributed by atoms with E-state index in [1.807, 2.05) is 6.07 Å². The Morgan fingerprint density at radius 2 is 2.00 bits per heavy atom. The molecule has 0 saturated carbocycles. The molecule has 0 fully saturated rings. The number of aromatic carboxylic acids is 1. The number of nitriles is 1. The van der Waals surface area contributed by atoms with Crippen molar-refractivity contribution in [3.8, 4) is 17.4 Å². The number of carboxylic acids is 1. The van der Waals surface area contributed by atoms with Gasteiger partial charge in [-0.2, -0.15) is 5.26 Å². The summed E-state index contributed by atoms with van der Waals surface area (Å²) >= 11 is 0. The molecule has 0 radical (unpaired) electrons. The highest BCUT2D eigenvalue weighted by Crippen LogP contribution is 2.28. The number of rotatable bonds is 4. The second kappa shape index (κ2) is 6.40. The maximum Gasteiger partial charge on any atom is 0.357 e. The van der Waals surface area contributed by atoms with Crippen molar-refractivity contribution in [3.05, 3.63) is 53.9 Å². The van der Waals surface area contributed by atoms with E-state index >= 15 is 0 Å². The van der Waals surface area contributed by atoms with Gasteiger partial charge in [0.25, 0.3) is 0 Å². The first-order valence-corrected chi connectivity index (χ1v) is 7.20. The van der Waals surface area contributed by atoms with Crippen molar-refractivity contribution in [2.75, 3.05) is 12.8 Å². The van der Waals surface area contributed by atoms with Gasteiger partial charge in [0.15, 0.2) is 5.69 Å². The van der Waals surface area contributed by atoms with Crippen molar-refractivity contribution in [3.63, 3.8) is 0 Å².